The Morgan fingerprint density at radius 1 is 1.06 bits per heavy atom. The van der Waals surface area contributed by atoms with Crippen LogP contribution in [0.4, 0.5) is 13.2 Å². The summed E-state index contributed by atoms with van der Waals surface area (Å²) in [6.45, 7) is 0. The standard InChI is InChI=1S/C10H7F3N2O/c11-10(12,13)9-5-6-15(14-9)7-1-3-8(16)4-2-7/h1-6,16H. The third-order valence-corrected chi connectivity index (χ3v) is 1.99. The number of phenolic OH excluding ortho intramolecular Hbond substituents is 1. The van der Waals surface area contributed by atoms with E-state index in [1.54, 1.807) is 0 Å². The van der Waals surface area contributed by atoms with Crippen LogP contribution in [0.25, 0.3) is 5.69 Å². The molecule has 0 unspecified atom stereocenters. The summed E-state index contributed by atoms with van der Waals surface area (Å²) < 4.78 is 37.9. The van der Waals surface area contributed by atoms with Gasteiger partial charge < -0.3 is 5.11 Å². The highest BCUT2D eigenvalue weighted by Crippen LogP contribution is 2.27. The third-order valence-electron chi connectivity index (χ3n) is 1.99. The van der Waals surface area contributed by atoms with E-state index >= 15 is 0 Å². The predicted molar refractivity (Wildman–Crippen MR) is 50.2 cm³/mol. The predicted octanol–water partition coefficient (Wildman–Crippen LogP) is 2.60. The minimum Gasteiger partial charge on any atom is -0.508 e. The molecule has 0 spiro atoms. The Labute approximate surface area is 88.8 Å². The maximum absolute atomic E-state index is 12.3. The molecule has 0 radical (unpaired) electrons. The number of rotatable bonds is 1. The fourth-order valence-corrected chi connectivity index (χ4v) is 1.22. The van der Waals surface area contributed by atoms with Crippen LogP contribution in [-0.4, -0.2) is 14.9 Å². The van der Waals surface area contributed by atoms with E-state index in [0.717, 1.165) is 10.7 Å². The van der Waals surface area contributed by atoms with E-state index in [1.807, 2.05) is 0 Å². The summed E-state index contributed by atoms with van der Waals surface area (Å²) in [4.78, 5) is 0. The van der Waals surface area contributed by atoms with Crippen molar-refractivity contribution >= 4 is 0 Å². The zero-order valence-corrected chi connectivity index (χ0v) is 7.94. The second kappa shape index (κ2) is 3.55. The molecule has 2 aromatic rings. The van der Waals surface area contributed by atoms with Crippen molar-refractivity contribution in [2.24, 2.45) is 0 Å². The van der Waals surface area contributed by atoms with Gasteiger partial charge >= 0.3 is 6.18 Å². The molecule has 0 amide bonds. The SMILES string of the molecule is Oc1ccc(-n2ccc(C(F)(F)F)n2)cc1. The van der Waals surface area contributed by atoms with Crippen molar-refractivity contribution < 1.29 is 18.3 Å². The Morgan fingerprint density at radius 2 is 1.69 bits per heavy atom. The van der Waals surface area contributed by atoms with Gasteiger partial charge in [-0.05, 0) is 30.3 Å². The first-order valence-corrected chi connectivity index (χ1v) is 4.39. The molecule has 0 saturated heterocycles. The number of hydrogen-bond donors (Lipinski definition) is 1. The highest BCUT2D eigenvalue weighted by Gasteiger charge is 2.33. The molecule has 0 aliphatic rings. The Hall–Kier alpha value is -1.98. The minimum atomic E-state index is -4.44. The largest absolute Gasteiger partial charge is 0.508 e. The number of halogens is 3. The summed E-state index contributed by atoms with van der Waals surface area (Å²) in [5, 5.41) is 12.4. The molecular weight excluding hydrogens is 221 g/mol. The number of benzene rings is 1. The van der Waals surface area contributed by atoms with E-state index in [1.165, 1.54) is 30.5 Å². The monoisotopic (exact) mass is 228 g/mol. The molecule has 1 aromatic carbocycles. The van der Waals surface area contributed by atoms with Crippen LogP contribution < -0.4 is 0 Å². The first kappa shape index (κ1) is 10.5. The fraction of sp³-hybridized carbons (Fsp3) is 0.100. The number of alkyl halides is 3. The average Bonchev–Trinajstić information content (AvgIpc) is 2.67. The molecule has 16 heavy (non-hydrogen) atoms. The van der Waals surface area contributed by atoms with Crippen molar-refractivity contribution in [2.75, 3.05) is 0 Å². The molecule has 0 fully saturated rings. The molecule has 0 aliphatic heterocycles. The Bertz CT molecular complexity index is 488. The highest BCUT2D eigenvalue weighted by atomic mass is 19.4. The summed E-state index contributed by atoms with van der Waals surface area (Å²) >= 11 is 0. The van der Waals surface area contributed by atoms with Crippen LogP contribution >= 0.6 is 0 Å². The zero-order valence-electron chi connectivity index (χ0n) is 7.94. The molecule has 6 heteroatoms. The van der Waals surface area contributed by atoms with Crippen LogP contribution in [0.2, 0.25) is 0 Å². The first-order valence-electron chi connectivity index (χ1n) is 4.39. The molecule has 0 atom stereocenters. The Kier molecular flexibility index (Phi) is 2.34. The second-order valence-corrected chi connectivity index (χ2v) is 3.16. The molecule has 0 aliphatic carbocycles. The summed E-state index contributed by atoms with van der Waals surface area (Å²) in [5.74, 6) is 0.0481. The van der Waals surface area contributed by atoms with Gasteiger partial charge in [0.1, 0.15) is 5.75 Å². The topological polar surface area (TPSA) is 38.0 Å². The van der Waals surface area contributed by atoms with Crippen molar-refractivity contribution in [1.82, 2.24) is 9.78 Å². The lowest BCUT2D eigenvalue weighted by Gasteiger charge is -2.02. The van der Waals surface area contributed by atoms with Crippen molar-refractivity contribution in [3.05, 3.63) is 42.2 Å². The number of nitrogens with zero attached hydrogens (tertiary/aromatic N) is 2. The van der Waals surface area contributed by atoms with Gasteiger partial charge in [-0.3, -0.25) is 0 Å². The number of aromatic nitrogens is 2. The van der Waals surface area contributed by atoms with E-state index in [4.69, 9.17) is 5.11 Å². The van der Waals surface area contributed by atoms with Crippen LogP contribution in [0, 0.1) is 0 Å². The number of phenols is 1. The van der Waals surface area contributed by atoms with Crippen LogP contribution in [0.15, 0.2) is 36.5 Å². The third kappa shape index (κ3) is 2.00. The lowest BCUT2D eigenvalue weighted by Crippen LogP contribution is -2.07. The van der Waals surface area contributed by atoms with Crippen molar-refractivity contribution in [3.8, 4) is 11.4 Å². The molecular formula is C10H7F3N2O. The van der Waals surface area contributed by atoms with E-state index in [0.29, 0.717) is 5.69 Å². The van der Waals surface area contributed by atoms with E-state index in [2.05, 4.69) is 5.10 Å². The van der Waals surface area contributed by atoms with Crippen LogP contribution in [0.3, 0.4) is 0 Å². The average molecular weight is 228 g/mol. The lowest BCUT2D eigenvalue weighted by atomic mass is 10.3. The van der Waals surface area contributed by atoms with Gasteiger partial charge in [-0.2, -0.15) is 18.3 Å². The van der Waals surface area contributed by atoms with E-state index in [-0.39, 0.29) is 5.75 Å². The number of hydrogen-bond acceptors (Lipinski definition) is 2. The van der Waals surface area contributed by atoms with Crippen molar-refractivity contribution in [3.63, 3.8) is 0 Å². The number of aromatic hydroxyl groups is 1. The van der Waals surface area contributed by atoms with Crippen molar-refractivity contribution in [2.45, 2.75) is 6.18 Å². The van der Waals surface area contributed by atoms with Gasteiger partial charge in [0.15, 0.2) is 5.69 Å². The van der Waals surface area contributed by atoms with E-state index in [9.17, 15) is 13.2 Å². The van der Waals surface area contributed by atoms with Gasteiger partial charge in [-0.15, -0.1) is 0 Å². The first-order chi connectivity index (χ1) is 7.47. The maximum atomic E-state index is 12.3. The highest BCUT2D eigenvalue weighted by molar-refractivity contribution is 5.36. The van der Waals surface area contributed by atoms with E-state index < -0.39 is 11.9 Å². The Balaban J connectivity index is 2.35. The molecule has 3 nitrogen and oxygen atoms in total. The van der Waals surface area contributed by atoms with Gasteiger partial charge in [0.05, 0.1) is 5.69 Å². The quantitative estimate of drug-likeness (QED) is 0.814. The smallest absolute Gasteiger partial charge is 0.435 e. The molecule has 1 aromatic heterocycles. The van der Waals surface area contributed by atoms with Gasteiger partial charge in [-0.1, -0.05) is 0 Å². The fourth-order valence-electron chi connectivity index (χ4n) is 1.22. The summed E-state index contributed by atoms with van der Waals surface area (Å²) in [7, 11) is 0. The zero-order chi connectivity index (χ0) is 11.8. The van der Waals surface area contributed by atoms with Crippen LogP contribution in [-0.2, 0) is 6.18 Å². The van der Waals surface area contributed by atoms with Crippen molar-refractivity contribution in [1.29, 1.82) is 0 Å². The second-order valence-electron chi connectivity index (χ2n) is 3.16. The molecule has 1 heterocycles. The molecule has 84 valence electrons. The van der Waals surface area contributed by atoms with Gasteiger partial charge in [0.25, 0.3) is 0 Å². The minimum absolute atomic E-state index is 0.0481. The van der Waals surface area contributed by atoms with Gasteiger partial charge in [0, 0.05) is 6.20 Å². The van der Waals surface area contributed by atoms with Crippen LogP contribution in [0.5, 0.6) is 5.75 Å². The van der Waals surface area contributed by atoms with Gasteiger partial charge in [0.2, 0.25) is 0 Å². The van der Waals surface area contributed by atoms with Gasteiger partial charge in [-0.25, -0.2) is 4.68 Å². The molecule has 2 rings (SSSR count). The molecule has 0 bridgehead atoms. The molecule has 0 saturated carbocycles. The normalized spacial score (nSPS) is 11.7. The summed E-state index contributed by atoms with van der Waals surface area (Å²) in [6.07, 6.45) is -3.22. The lowest BCUT2D eigenvalue weighted by molar-refractivity contribution is -0.141. The Morgan fingerprint density at radius 3 is 2.19 bits per heavy atom. The van der Waals surface area contributed by atoms with Crippen LogP contribution in [0.1, 0.15) is 5.69 Å². The summed E-state index contributed by atoms with van der Waals surface area (Å²) in [5.41, 5.74) is -0.492. The maximum Gasteiger partial charge on any atom is 0.435 e. The molecule has 1 N–H and O–H groups in total. The summed E-state index contributed by atoms with van der Waals surface area (Å²) in [6, 6.07) is 6.60.